The van der Waals surface area contributed by atoms with Gasteiger partial charge in [-0.15, -0.1) is 0 Å². The average molecular weight is 263 g/mol. The Kier molecular flexibility index (Phi) is 4.29. The number of carbonyl (C=O) groups is 2. The van der Waals surface area contributed by atoms with Crippen LogP contribution in [0.2, 0.25) is 0 Å². The first-order valence-electron chi connectivity index (χ1n) is 6.35. The molecule has 5 nitrogen and oxygen atoms in total. The minimum atomic E-state index is -0.816. The third-order valence-electron chi connectivity index (χ3n) is 3.30. The van der Waals surface area contributed by atoms with E-state index in [1.807, 2.05) is 0 Å². The lowest BCUT2D eigenvalue weighted by atomic mass is 10.0. The van der Waals surface area contributed by atoms with E-state index in [0.29, 0.717) is 30.4 Å². The van der Waals surface area contributed by atoms with Gasteiger partial charge in [0.1, 0.15) is 0 Å². The zero-order chi connectivity index (χ0) is 13.8. The van der Waals surface area contributed by atoms with E-state index in [2.05, 4.69) is 5.32 Å². The Morgan fingerprint density at radius 3 is 2.89 bits per heavy atom. The van der Waals surface area contributed by atoms with Crippen LogP contribution in [0.5, 0.6) is 0 Å². The molecule has 0 saturated heterocycles. The minimum Gasteiger partial charge on any atom is -0.394 e. The number of aliphatic hydroxyl groups is 2. The second-order valence-electron chi connectivity index (χ2n) is 4.64. The van der Waals surface area contributed by atoms with Crippen molar-refractivity contribution in [2.75, 3.05) is 13.2 Å². The predicted octanol–water partition coefficient (Wildman–Crippen LogP) is 0.289. The number of nitrogens with one attached hydrogen (secondary N) is 1. The second kappa shape index (κ2) is 5.95. The highest BCUT2D eigenvalue weighted by molar-refractivity contribution is 6.05. The molecule has 0 spiro atoms. The first-order chi connectivity index (χ1) is 9.13. The molecule has 2 rings (SSSR count). The lowest BCUT2D eigenvalue weighted by molar-refractivity contribution is 0.0833. The topological polar surface area (TPSA) is 86.6 Å². The van der Waals surface area contributed by atoms with Gasteiger partial charge in [0.2, 0.25) is 0 Å². The largest absolute Gasteiger partial charge is 0.394 e. The van der Waals surface area contributed by atoms with Crippen LogP contribution in [0, 0.1) is 0 Å². The molecule has 0 saturated carbocycles. The van der Waals surface area contributed by atoms with E-state index >= 15 is 0 Å². The van der Waals surface area contributed by atoms with E-state index in [-0.39, 0.29) is 24.8 Å². The van der Waals surface area contributed by atoms with Crippen LogP contribution in [0.3, 0.4) is 0 Å². The highest BCUT2D eigenvalue weighted by atomic mass is 16.3. The molecule has 0 unspecified atom stereocenters. The number of hydrogen-bond donors (Lipinski definition) is 3. The van der Waals surface area contributed by atoms with E-state index < -0.39 is 6.10 Å². The van der Waals surface area contributed by atoms with Crippen molar-refractivity contribution in [3.05, 3.63) is 34.9 Å². The molecule has 0 bridgehead atoms. The van der Waals surface area contributed by atoms with Gasteiger partial charge in [-0.1, -0.05) is 12.1 Å². The maximum absolute atomic E-state index is 12.0. The molecule has 1 aromatic rings. The van der Waals surface area contributed by atoms with Crippen LogP contribution >= 0.6 is 0 Å². The van der Waals surface area contributed by atoms with Crippen molar-refractivity contribution in [2.45, 2.75) is 25.4 Å². The molecule has 1 aliphatic rings. The molecule has 5 heteroatoms. The third-order valence-corrected chi connectivity index (χ3v) is 3.30. The zero-order valence-corrected chi connectivity index (χ0v) is 10.6. The molecular weight excluding hydrogens is 246 g/mol. The maximum atomic E-state index is 12.0. The van der Waals surface area contributed by atoms with E-state index in [1.54, 1.807) is 18.2 Å². The SMILES string of the molecule is O=C1CCc2c1cccc2C(=O)NCC[C@H](O)CO. The summed E-state index contributed by atoms with van der Waals surface area (Å²) in [4.78, 5) is 23.6. The van der Waals surface area contributed by atoms with Crippen LogP contribution in [-0.4, -0.2) is 41.2 Å². The van der Waals surface area contributed by atoms with Crippen LogP contribution in [-0.2, 0) is 6.42 Å². The molecule has 0 radical (unpaired) electrons. The van der Waals surface area contributed by atoms with Crippen molar-refractivity contribution in [3.63, 3.8) is 0 Å². The van der Waals surface area contributed by atoms with Gasteiger partial charge in [0.15, 0.2) is 5.78 Å². The molecule has 1 aromatic carbocycles. The smallest absolute Gasteiger partial charge is 0.251 e. The number of aliphatic hydroxyl groups excluding tert-OH is 2. The number of amides is 1. The molecule has 1 amide bonds. The van der Waals surface area contributed by atoms with Gasteiger partial charge in [-0.05, 0) is 24.5 Å². The molecule has 1 aliphatic carbocycles. The summed E-state index contributed by atoms with van der Waals surface area (Å²) < 4.78 is 0. The van der Waals surface area contributed by atoms with E-state index in [1.165, 1.54) is 0 Å². The van der Waals surface area contributed by atoms with Gasteiger partial charge in [-0.3, -0.25) is 9.59 Å². The summed E-state index contributed by atoms with van der Waals surface area (Å²) in [6.07, 6.45) is 0.555. The summed E-state index contributed by atoms with van der Waals surface area (Å²) in [7, 11) is 0. The normalized spacial score (nSPS) is 15.2. The molecule has 19 heavy (non-hydrogen) atoms. The molecule has 0 heterocycles. The standard InChI is InChI=1S/C14H17NO4/c16-8-9(17)6-7-15-14(19)12-3-1-2-11-10(12)4-5-13(11)18/h1-3,9,16-17H,4-8H2,(H,15,19)/t9-/m0/s1. The number of ketones is 1. The molecule has 1 atom stereocenters. The van der Waals surface area contributed by atoms with Gasteiger partial charge in [-0.2, -0.15) is 0 Å². The maximum Gasteiger partial charge on any atom is 0.251 e. The molecule has 0 aromatic heterocycles. The fourth-order valence-corrected chi connectivity index (χ4v) is 2.24. The van der Waals surface area contributed by atoms with Crippen LogP contribution < -0.4 is 5.32 Å². The lowest BCUT2D eigenvalue weighted by Crippen LogP contribution is -2.28. The van der Waals surface area contributed by atoms with E-state index in [9.17, 15) is 14.7 Å². The first-order valence-corrected chi connectivity index (χ1v) is 6.35. The Morgan fingerprint density at radius 2 is 2.16 bits per heavy atom. The van der Waals surface area contributed by atoms with Crippen molar-refractivity contribution >= 4 is 11.7 Å². The summed E-state index contributed by atoms with van der Waals surface area (Å²) in [5.74, 6) is -0.156. The summed E-state index contributed by atoms with van der Waals surface area (Å²) in [5.41, 5.74) is 1.98. The molecule has 102 valence electrons. The van der Waals surface area contributed by atoms with Gasteiger partial charge in [0.25, 0.3) is 5.91 Å². The Morgan fingerprint density at radius 1 is 1.37 bits per heavy atom. The van der Waals surface area contributed by atoms with Crippen LogP contribution in [0.1, 0.15) is 39.1 Å². The predicted molar refractivity (Wildman–Crippen MR) is 69.1 cm³/mol. The number of rotatable bonds is 5. The Bertz CT molecular complexity index is 498. The molecule has 0 aliphatic heterocycles. The van der Waals surface area contributed by atoms with Crippen molar-refractivity contribution in [3.8, 4) is 0 Å². The van der Waals surface area contributed by atoms with Crippen LogP contribution in [0.25, 0.3) is 0 Å². The van der Waals surface area contributed by atoms with E-state index in [0.717, 1.165) is 5.56 Å². The fraction of sp³-hybridized carbons (Fsp3) is 0.429. The zero-order valence-electron chi connectivity index (χ0n) is 10.6. The number of benzene rings is 1. The number of carbonyl (C=O) groups excluding carboxylic acids is 2. The Hall–Kier alpha value is -1.72. The summed E-state index contributed by atoms with van der Waals surface area (Å²) in [5, 5.41) is 20.5. The molecular formula is C14H17NO4. The number of fused-ring (bicyclic) bond motifs is 1. The Balaban J connectivity index is 2.03. The van der Waals surface area contributed by atoms with Crippen LogP contribution in [0.4, 0.5) is 0 Å². The second-order valence-corrected chi connectivity index (χ2v) is 4.64. The summed E-state index contributed by atoms with van der Waals surface area (Å²) in [6.45, 7) is -0.0245. The highest BCUT2D eigenvalue weighted by Crippen LogP contribution is 2.25. The van der Waals surface area contributed by atoms with Crippen molar-refractivity contribution in [1.29, 1.82) is 0 Å². The van der Waals surface area contributed by atoms with Gasteiger partial charge < -0.3 is 15.5 Å². The lowest BCUT2D eigenvalue weighted by Gasteiger charge is -2.10. The van der Waals surface area contributed by atoms with Gasteiger partial charge in [0, 0.05) is 24.1 Å². The van der Waals surface area contributed by atoms with Crippen LogP contribution in [0.15, 0.2) is 18.2 Å². The average Bonchev–Trinajstić information content (AvgIpc) is 2.80. The highest BCUT2D eigenvalue weighted by Gasteiger charge is 2.24. The fourth-order valence-electron chi connectivity index (χ4n) is 2.24. The van der Waals surface area contributed by atoms with Gasteiger partial charge in [-0.25, -0.2) is 0 Å². The minimum absolute atomic E-state index is 0.0837. The monoisotopic (exact) mass is 263 g/mol. The van der Waals surface area contributed by atoms with Gasteiger partial charge >= 0.3 is 0 Å². The summed E-state index contributed by atoms with van der Waals surface area (Å²) in [6, 6.07) is 5.16. The van der Waals surface area contributed by atoms with Crippen molar-refractivity contribution < 1.29 is 19.8 Å². The van der Waals surface area contributed by atoms with E-state index in [4.69, 9.17) is 5.11 Å². The number of hydrogen-bond acceptors (Lipinski definition) is 4. The summed E-state index contributed by atoms with van der Waals surface area (Å²) >= 11 is 0. The first kappa shape index (κ1) is 13.7. The molecule has 3 N–H and O–H groups in total. The number of Topliss-reactive ketones (excluding diaryl/α,β-unsaturated/α-hetero) is 1. The van der Waals surface area contributed by atoms with Gasteiger partial charge in [0.05, 0.1) is 12.7 Å². The molecule has 0 fully saturated rings. The van der Waals surface area contributed by atoms with Crippen molar-refractivity contribution in [1.82, 2.24) is 5.32 Å². The Labute approximate surface area is 111 Å². The third kappa shape index (κ3) is 3.00. The van der Waals surface area contributed by atoms with Crippen molar-refractivity contribution in [2.24, 2.45) is 0 Å². The quantitative estimate of drug-likeness (QED) is 0.712.